The van der Waals surface area contributed by atoms with E-state index in [2.05, 4.69) is 17.3 Å². The van der Waals surface area contributed by atoms with Crippen molar-refractivity contribution in [3.63, 3.8) is 0 Å². The zero-order valence-corrected chi connectivity index (χ0v) is 10.1. The average molecular weight is 231 g/mol. The zero-order chi connectivity index (χ0) is 11.7. The van der Waals surface area contributed by atoms with Gasteiger partial charge in [-0.25, -0.2) is 0 Å². The van der Waals surface area contributed by atoms with Crippen LogP contribution in [0, 0.1) is 5.92 Å². The standard InChI is InChI=1S/C14H17NO2/c1-16-12-7-5-10(6-8-12)13-4-2-3-11-9-17-15-14(11)13/h5-8,11,13H,2-4,9H2,1H3/t11-,13+/m1/s1. The maximum atomic E-state index is 5.25. The molecule has 1 aromatic carbocycles. The zero-order valence-electron chi connectivity index (χ0n) is 10.1. The lowest BCUT2D eigenvalue weighted by atomic mass is 9.77. The molecule has 1 aliphatic heterocycles. The van der Waals surface area contributed by atoms with Crippen molar-refractivity contribution in [3.05, 3.63) is 29.8 Å². The summed E-state index contributed by atoms with van der Waals surface area (Å²) in [7, 11) is 1.69. The Morgan fingerprint density at radius 3 is 2.82 bits per heavy atom. The summed E-state index contributed by atoms with van der Waals surface area (Å²) in [4.78, 5) is 5.25. The first-order valence-corrected chi connectivity index (χ1v) is 6.22. The molecule has 17 heavy (non-hydrogen) atoms. The molecule has 1 fully saturated rings. The van der Waals surface area contributed by atoms with Gasteiger partial charge in [0.15, 0.2) is 0 Å². The Hall–Kier alpha value is -1.51. The summed E-state index contributed by atoms with van der Waals surface area (Å²) in [5.41, 5.74) is 2.58. The summed E-state index contributed by atoms with van der Waals surface area (Å²) in [6, 6.07) is 8.34. The number of benzene rings is 1. The molecule has 0 aromatic heterocycles. The minimum atomic E-state index is 0.446. The summed E-state index contributed by atoms with van der Waals surface area (Å²) < 4.78 is 5.19. The molecule has 1 aliphatic carbocycles. The maximum Gasteiger partial charge on any atom is 0.125 e. The first kappa shape index (κ1) is 10.6. The Morgan fingerprint density at radius 2 is 2.06 bits per heavy atom. The van der Waals surface area contributed by atoms with E-state index in [1.54, 1.807) is 7.11 Å². The van der Waals surface area contributed by atoms with Crippen LogP contribution in [-0.2, 0) is 4.84 Å². The van der Waals surface area contributed by atoms with Crippen LogP contribution in [0.2, 0.25) is 0 Å². The predicted molar refractivity (Wildman–Crippen MR) is 66.5 cm³/mol. The highest BCUT2D eigenvalue weighted by Gasteiger charge is 2.34. The van der Waals surface area contributed by atoms with Gasteiger partial charge in [-0.1, -0.05) is 23.7 Å². The number of nitrogens with zero attached hydrogens (tertiary/aromatic N) is 1. The van der Waals surface area contributed by atoms with E-state index in [-0.39, 0.29) is 0 Å². The summed E-state index contributed by atoms with van der Waals surface area (Å²) in [5.74, 6) is 1.91. The second-order valence-electron chi connectivity index (χ2n) is 4.77. The Labute approximate surface area is 101 Å². The Morgan fingerprint density at radius 1 is 1.24 bits per heavy atom. The molecule has 2 aliphatic rings. The highest BCUT2D eigenvalue weighted by atomic mass is 16.6. The van der Waals surface area contributed by atoms with Crippen LogP contribution in [0.1, 0.15) is 30.7 Å². The first-order chi connectivity index (χ1) is 8.38. The van der Waals surface area contributed by atoms with Crippen LogP contribution >= 0.6 is 0 Å². The molecule has 0 amide bonds. The van der Waals surface area contributed by atoms with Gasteiger partial charge in [-0.05, 0) is 30.5 Å². The summed E-state index contributed by atoms with van der Waals surface area (Å²) in [5, 5.41) is 4.24. The largest absolute Gasteiger partial charge is 0.497 e. The number of hydrogen-bond acceptors (Lipinski definition) is 3. The van der Waals surface area contributed by atoms with Crippen molar-refractivity contribution in [2.24, 2.45) is 11.1 Å². The summed E-state index contributed by atoms with van der Waals surface area (Å²) >= 11 is 0. The topological polar surface area (TPSA) is 30.8 Å². The number of methoxy groups -OCH3 is 1. The fraction of sp³-hybridized carbons (Fsp3) is 0.500. The molecule has 0 saturated heterocycles. The molecular weight excluding hydrogens is 214 g/mol. The Kier molecular flexibility index (Phi) is 2.75. The van der Waals surface area contributed by atoms with Crippen LogP contribution in [0.5, 0.6) is 5.75 Å². The highest BCUT2D eigenvalue weighted by Crippen LogP contribution is 2.37. The van der Waals surface area contributed by atoms with E-state index < -0.39 is 0 Å². The fourth-order valence-corrected chi connectivity index (χ4v) is 2.83. The van der Waals surface area contributed by atoms with Crippen LogP contribution in [-0.4, -0.2) is 19.4 Å². The van der Waals surface area contributed by atoms with Gasteiger partial charge < -0.3 is 9.57 Å². The quantitative estimate of drug-likeness (QED) is 0.783. The second kappa shape index (κ2) is 4.40. The van der Waals surface area contributed by atoms with Gasteiger partial charge in [-0.15, -0.1) is 0 Å². The van der Waals surface area contributed by atoms with Gasteiger partial charge in [0.2, 0.25) is 0 Å². The lowest BCUT2D eigenvalue weighted by Gasteiger charge is -2.26. The van der Waals surface area contributed by atoms with Crippen LogP contribution in [0.3, 0.4) is 0 Å². The van der Waals surface area contributed by atoms with Crippen molar-refractivity contribution in [1.82, 2.24) is 0 Å². The van der Waals surface area contributed by atoms with E-state index in [1.165, 1.54) is 30.5 Å². The van der Waals surface area contributed by atoms with Crippen LogP contribution < -0.4 is 4.74 Å². The molecule has 3 nitrogen and oxygen atoms in total. The van der Waals surface area contributed by atoms with E-state index in [9.17, 15) is 0 Å². The second-order valence-corrected chi connectivity index (χ2v) is 4.77. The monoisotopic (exact) mass is 231 g/mol. The third kappa shape index (κ3) is 1.90. The van der Waals surface area contributed by atoms with E-state index in [0.29, 0.717) is 11.8 Å². The van der Waals surface area contributed by atoms with Gasteiger partial charge in [0.05, 0.1) is 12.8 Å². The van der Waals surface area contributed by atoms with Gasteiger partial charge in [-0.3, -0.25) is 0 Å². The van der Waals surface area contributed by atoms with Gasteiger partial charge in [0.1, 0.15) is 12.4 Å². The molecule has 0 bridgehead atoms. The molecule has 3 heteroatoms. The van der Waals surface area contributed by atoms with Crippen molar-refractivity contribution in [1.29, 1.82) is 0 Å². The third-order valence-corrected chi connectivity index (χ3v) is 3.78. The van der Waals surface area contributed by atoms with E-state index >= 15 is 0 Å². The third-order valence-electron chi connectivity index (χ3n) is 3.78. The Bertz CT molecular complexity index is 424. The van der Waals surface area contributed by atoms with E-state index in [4.69, 9.17) is 9.57 Å². The fourth-order valence-electron chi connectivity index (χ4n) is 2.83. The minimum absolute atomic E-state index is 0.446. The molecule has 1 saturated carbocycles. The minimum Gasteiger partial charge on any atom is -0.497 e. The van der Waals surface area contributed by atoms with Crippen molar-refractivity contribution >= 4 is 5.71 Å². The first-order valence-electron chi connectivity index (χ1n) is 6.22. The van der Waals surface area contributed by atoms with Crippen molar-refractivity contribution < 1.29 is 9.57 Å². The molecule has 0 unspecified atom stereocenters. The van der Waals surface area contributed by atoms with Gasteiger partial charge in [0, 0.05) is 11.8 Å². The molecule has 90 valence electrons. The molecule has 0 spiro atoms. The molecule has 1 aromatic rings. The van der Waals surface area contributed by atoms with Crippen LogP contribution in [0.15, 0.2) is 29.4 Å². The maximum absolute atomic E-state index is 5.25. The normalized spacial score (nSPS) is 27.0. The van der Waals surface area contributed by atoms with E-state index in [0.717, 1.165) is 12.4 Å². The molecule has 0 radical (unpaired) electrons. The lowest BCUT2D eigenvalue weighted by Crippen LogP contribution is -2.25. The number of hydrogen-bond donors (Lipinski definition) is 0. The van der Waals surface area contributed by atoms with Crippen molar-refractivity contribution in [2.45, 2.75) is 25.2 Å². The number of ether oxygens (including phenoxy) is 1. The molecule has 2 atom stereocenters. The highest BCUT2D eigenvalue weighted by molar-refractivity contribution is 5.94. The smallest absolute Gasteiger partial charge is 0.125 e. The summed E-state index contributed by atoms with van der Waals surface area (Å²) in [6.07, 6.45) is 3.68. The number of rotatable bonds is 2. The van der Waals surface area contributed by atoms with Gasteiger partial charge in [0.25, 0.3) is 0 Å². The van der Waals surface area contributed by atoms with Crippen molar-refractivity contribution in [3.8, 4) is 5.75 Å². The molecule has 1 heterocycles. The average Bonchev–Trinajstić information content (AvgIpc) is 2.87. The van der Waals surface area contributed by atoms with Gasteiger partial charge >= 0.3 is 0 Å². The van der Waals surface area contributed by atoms with Crippen LogP contribution in [0.4, 0.5) is 0 Å². The Balaban J connectivity index is 1.86. The lowest BCUT2D eigenvalue weighted by molar-refractivity contribution is 0.152. The van der Waals surface area contributed by atoms with E-state index in [1.807, 2.05) is 12.1 Å². The predicted octanol–water partition coefficient (Wildman–Crippen LogP) is 2.97. The SMILES string of the molecule is COc1ccc([C@@H]2CCC[C@@H]3CON=C32)cc1. The molecule has 3 rings (SSSR count). The van der Waals surface area contributed by atoms with Gasteiger partial charge in [-0.2, -0.15) is 0 Å². The summed E-state index contributed by atoms with van der Waals surface area (Å²) in [6.45, 7) is 0.780. The van der Waals surface area contributed by atoms with Crippen molar-refractivity contribution in [2.75, 3.05) is 13.7 Å². The number of oxime groups is 1. The number of fused-ring (bicyclic) bond motifs is 1. The van der Waals surface area contributed by atoms with Crippen LogP contribution in [0.25, 0.3) is 0 Å². The molecular formula is C14H17NO2. The molecule has 0 N–H and O–H groups in total.